The molecule has 0 aliphatic carbocycles. The molecule has 0 spiro atoms. The maximum absolute atomic E-state index is 12.8. The van der Waals surface area contributed by atoms with Crippen LogP contribution in [0.5, 0.6) is 0 Å². The van der Waals surface area contributed by atoms with Gasteiger partial charge in [-0.2, -0.15) is 0 Å². The molecule has 376 valence electrons. The summed E-state index contributed by atoms with van der Waals surface area (Å²) >= 11 is 0. The van der Waals surface area contributed by atoms with Crippen LogP contribution in [0.2, 0.25) is 0 Å². The van der Waals surface area contributed by atoms with Crippen LogP contribution < -0.4 is 0 Å². The van der Waals surface area contributed by atoms with E-state index in [4.69, 9.17) is 14.2 Å². The zero-order valence-electron chi connectivity index (χ0n) is 43.2. The van der Waals surface area contributed by atoms with Gasteiger partial charge in [0.1, 0.15) is 6.61 Å². The highest BCUT2D eigenvalue weighted by atomic mass is 16.6. The first-order chi connectivity index (χ1) is 32.6. The van der Waals surface area contributed by atoms with E-state index in [9.17, 15) is 9.59 Å². The van der Waals surface area contributed by atoms with Gasteiger partial charge in [-0.1, -0.05) is 226 Å². The second kappa shape index (κ2) is 55.9. The Bertz CT molecular complexity index is 1310. The van der Waals surface area contributed by atoms with Crippen molar-refractivity contribution in [1.82, 2.24) is 0 Å². The predicted octanol–water partition coefficient (Wildman–Crippen LogP) is 18.8. The molecule has 1 unspecified atom stereocenters. The summed E-state index contributed by atoms with van der Waals surface area (Å²) in [4.78, 5) is 25.4. The lowest BCUT2D eigenvalue weighted by Crippen LogP contribution is -2.29. The number of carbonyl (C=O) groups is 2. The second-order valence-corrected chi connectivity index (χ2v) is 17.8. The molecule has 0 aromatic rings. The summed E-state index contributed by atoms with van der Waals surface area (Å²) in [5.41, 5.74) is 0. The Morgan fingerprint density at radius 1 is 0.364 bits per heavy atom. The van der Waals surface area contributed by atoms with Crippen LogP contribution >= 0.6 is 0 Å². The van der Waals surface area contributed by atoms with Crippen molar-refractivity contribution in [3.63, 3.8) is 0 Å². The highest BCUT2D eigenvalue weighted by Gasteiger charge is 2.17. The maximum Gasteiger partial charge on any atom is 0.310 e. The minimum atomic E-state index is -0.604. The lowest BCUT2D eigenvalue weighted by Gasteiger charge is -2.18. The van der Waals surface area contributed by atoms with Gasteiger partial charge in [-0.05, 0) is 109 Å². The average molecular weight is 915 g/mol. The van der Waals surface area contributed by atoms with Gasteiger partial charge < -0.3 is 14.2 Å². The van der Waals surface area contributed by atoms with E-state index in [1.165, 1.54) is 122 Å². The lowest BCUT2D eigenvalue weighted by atomic mass is 10.1. The molecule has 66 heavy (non-hydrogen) atoms. The quantitative estimate of drug-likeness (QED) is 0.0346. The third-order valence-corrected chi connectivity index (χ3v) is 11.3. The van der Waals surface area contributed by atoms with E-state index in [2.05, 4.69) is 118 Å². The number of hydrogen-bond acceptors (Lipinski definition) is 5. The van der Waals surface area contributed by atoms with Gasteiger partial charge in [0.2, 0.25) is 0 Å². The highest BCUT2D eigenvalue weighted by molar-refractivity contribution is 5.71. The number of allylic oxidation sites excluding steroid dienone is 17. The first-order valence-electron chi connectivity index (χ1n) is 27.4. The number of rotatable bonds is 49. The summed E-state index contributed by atoms with van der Waals surface area (Å²) in [5.74, 6) is -0.558. The summed E-state index contributed by atoms with van der Waals surface area (Å²) in [7, 11) is 0. The largest absolute Gasteiger partial charge is 0.462 e. The third kappa shape index (κ3) is 53.2. The molecule has 0 aliphatic rings. The normalized spacial score (nSPS) is 13.1. The molecule has 0 aromatic carbocycles. The van der Waals surface area contributed by atoms with E-state index in [-0.39, 0.29) is 31.6 Å². The fourth-order valence-corrected chi connectivity index (χ4v) is 7.23. The van der Waals surface area contributed by atoms with Crippen LogP contribution in [0.15, 0.2) is 109 Å². The molecular formula is C61H102O5. The van der Waals surface area contributed by atoms with Gasteiger partial charge in [-0.25, -0.2) is 0 Å². The van der Waals surface area contributed by atoms with Crippen molar-refractivity contribution in [2.75, 3.05) is 19.8 Å². The van der Waals surface area contributed by atoms with Gasteiger partial charge in [0, 0.05) is 13.0 Å². The molecule has 0 aliphatic heterocycles. The molecule has 0 fully saturated rings. The summed E-state index contributed by atoms with van der Waals surface area (Å²) in [6.45, 7) is 7.54. The SMILES string of the molecule is CC/C=C\C/C=C\C/C=C\C/C=C\C/C=C\CC(=O)OC(COCCCCCCCCCC/C=C\C/C=C\CCCCC)COC(=O)CCCCCCCCC/C=C\C/C=C\CCCCC. The molecular weight excluding hydrogens is 813 g/mol. The van der Waals surface area contributed by atoms with Crippen molar-refractivity contribution in [2.24, 2.45) is 0 Å². The average Bonchev–Trinajstić information content (AvgIpc) is 3.32. The van der Waals surface area contributed by atoms with Crippen molar-refractivity contribution in [3.8, 4) is 0 Å². The van der Waals surface area contributed by atoms with Gasteiger partial charge in [0.15, 0.2) is 6.10 Å². The van der Waals surface area contributed by atoms with Crippen LogP contribution in [-0.2, 0) is 23.8 Å². The van der Waals surface area contributed by atoms with Gasteiger partial charge in [0.25, 0.3) is 0 Å². The Morgan fingerprint density at radius 3 is 1.17 bits per heavy atom. The number of esters is 2. The van der Waals surface area contributed by atoms with E-state index in [0.717, 1.165) is 83.5 Å². The second-order valence-electron chi connectivity index (χ2n) is 17.8. The van der Waals surface area contributed by atoms with Crippen LogP contribution in [0.4, 0.5) is 0 Å². The number of carbonyl (C=O) groups excluding carboxylic acids is 2. The van der Waals surface area contributed by atoms with E-state index < -0.39 is 6.10 Å². The highest BCUT2D eigenvalue weighted by Crippen LogP contribution is 2.13. The first kappa shape index (κ1) is 62.6. The summed E-state index contributed by atoms with van der Waals surface area (Å²) in [5, 5.41) is 0. The number of unbranched alkanes of at least 4 members (excludes halogenated alkanes) is 21. The Hall–Kier alpha value is -3.44. The molecule has 0 rings (SSSR count). The van der Waals surface area contributed by atoms with Crippen LogP contribution in [0.1, 0.15) is 239 Å². The van der Waals surface area contributed by atoms with Crippen molar-refractivity contribution < 1.29 is 23.8 Å². The predicted molar refractivity (Wildman–Crippen MR) is 288 cm³/mol. The zero-order chi connectivity index (χ0) is 47.7. The van der Waals surface area contributed by atoms with Crippen LogP contribution in [-0.4, -0.2) is 37.9 Å². The molecule has 5 nitrogen and oxygen atoms in total. The Balaban J connectivity index is 4.41. The molecule has 0 saturated heterocycles. The van der Waals surface area contributed by atoms with Crippen molar-refractivity contribution in [2.45, 2.75) is 245 Å². The monoisotopic (exact) mass is 915 g/mol. The van der Waals surface area contributed by atoms with Gasteiger partial charge in [0.05, 0.1) is 13.0 Å². The van der Waals surface area contributed by atoms with Gasteiger partial charge >= 0.3 is 11.9 Å². The molecule has 0 aromatic heterocycles. The van der Waals surface area contributed by atoms with Crippen LogP contribution in [0.3, 0.4) is 0 Å². The Labute approximate surface area is 408 Å². The molecule has 0 heterocycles. The zero-order valence-corrected chi connectivity index (χ0v) is 43.2. The first-order valence-corrected chi connectivity index (χ1v) is 27.4. The Kier molecular flexibility index (Phi) is 53.0. The topological polar surface area (TPSA) is 61.8 Å². The molecule has 5 heteroatoms. The minimum absolute atomic E-state index is 0.0336. The summed E-state index contributed by atoms with van der Waals surface area (Å²) < 4.78 is 17.3. The number of hydrogen-bond donors (Lipinski definition) is 0. The van der Waals surface area contributed by atoms with E-state index >= 15 is 0 Å². The van der Waals surface area contributed by atoms with Crippen molar-refractivity contribution >= 4 is 11.9 Å². The molecule has 0 N–H and O–H groups in total. The third-order valence-electron chi connectivity index (χ3n) is 11.3. The summed E-state index contributed by atoms with van der Waals surface area (Å²) in [6.07, 6.45) is 77.0. The van der Waals surface area contributed by atoms with Crippen molar-refractivity contribution in [3.05, 3.63) is 109 Å². The minimum Gasteiger partial charge on any atom is -0.462 e. The Morgan fingerprint density at radius 2 is 0.727 bits per heavy atom. The van der Waals surface area contributed by atoms with Crippen LogP contribution in [0, 0.1) is 0 Å². The smallest absolute Gasteiger partial charge is 0.310 e. The van der Waals surface area contributed by atoms with E-state index in [0.29, 0.717) is 13.0 Å². The van der Waals surface area contributed by atoms with Gasteiger partial charge in [-0.15, -0.1) is 0 Å². The lowest BCUT2D eigenvalue weighted by molar-refractivity contribution is -0.162. The molecule has 0 radical (unpaired) electrons. The number of ether oxygens (including phenoxy) is 3. The summed E-state index contributed by atoms with van der Waals surface area (Å²) in [6, 6.07) is 0. The van der Waals surface area contributed by atoms with Crippen molar-refractivity contribution in [1.29, 1.82) is 0 Å². The van der Waals surface area contributed by atoms with Crippen LogP contribution in [0.25, 0.3) is 0 Å². The van der Waals surface area contributed by atoms with Gasteiger partial charge in [-0.3, -0.25) is 9.59 Å². The molecule has 0 saturated carbocycles. The van der Waals surface area contributed by atoms with E-state index in [1.807, 2.05) is 12.2 Å². The maximum atomic E-state index is 12.8. The standard InChI is InChI=1S/C61H102O5/c1-4-7-10-13-16-19-22-25-28-30-32-35-38-41-44-47-50-53-56-64-57-59(66-61(63)55-52-49-46-43-40-37-33-27-24-21-18-15-12-9-6-3)58-65-60(62)54-51-48-45-42-39-36-34-31-29-26-23-20-17-14-11-8-5-2/h9,12,16-21,25-29,33,40,43,49,52,59H,4-8,10-11,13-15,22-24,30-32,34-39,41-42,44-48,50-51,53-58H2,1-3H3/b12-9-,19-16-,20-17-,21-18-,28-25-,29-26-,33-27-,43-40-,52-49-. The molecule has 0 amide bonds. The molecule has 0 bridgehead atoms. The molecule has 1 atom stereocenters. The van der Waals surface area contributed by atoms with E-state index in [1.54, 1.807) is 0 Å². The fraction of sp³-hybridized carbons (Fsp3) is 0.672. The fourth-order valence-electron chi connectivity index (χ4n) is 7.23.